The first-order valence-corrected chi connectivity index (χ1v) is 7.09. The first-order chi connectivity index (χ1) is 10.2. The molecule has 0 spiro atoms. The summed E-state index contributed by atoms with van der Waals surface area (Å²) in [6.45, 7) is 1.22. The van der Waals surface area contributed by atoms with Crippen LogP contribution in [-0.4, -0.2) is 42.4 Å². The zero-order chi connectivity index (χ0) is 14.8. The summed E-state index contributed by atoms with van der Waals surface area (Å²) in [5.41, 5.74) is 1.08. The molecule has 5 heteroatoms. The number of carboxylic acids is 1. The first kappa shape index (κ1) is 13.8. The zero-order valence-electron chi connectivity index (χ0n) is 12.0. The van der Waals surface area contributed by atoms with Crippen molar-refractivity contribution in [2.24, 2.45) is 0 Å². The van der Waals surface area contributed by atoms with Crippen LogP contribution in [0.2, 0.25) is 0 Å². The molecule has 110 valence electrons. The number of carbonyl (C=O) groups is 1. The lowest BCUT2D eigenvalue weighted by molar-refractivity contribution is 0.0697. The Hall–Kier alpha value is -2.14. The Morgan fingerprint density at radius 3 is 2.86 bits per heavy atom. The van der Waals surface area contributed by atoms with Crippen molar-refractivity contribution in [3.63, 3.8) is 0 Å². The fraction of sp³-hybridized carbons (Fsp3) is 0.375. The maximum atomic E-state index is 11.6. The minimum absolute atomic E-state index is 0.261. The quantitative estimate of drug-likeness (QED) is 0.884. The van der Waals surface area contributed by atoms with E-state index in [0.717, 1.165) is 23.7 Å². The molecule has 0 saturated heterocycles. The van der Waals surface area contributed by atoms with Crippen LogP contribution in [0.5, 0.6) is 0 Å². The summed E-state index contributed by atoms with van der Waals surface area (Å²) >= 11 is 0. The fourth-order valence-electron chi connectivity index (χ4n) is 2.52. The van der Waals surface area contributed by atoms with Crippen LogP contribution in [0.1, 0.15) is 23.2 Å². The number of anilines is 1. The summed E-state index contributed by atoms with van der Waals surface area (Å²) in [5.74, 6) is -0.382. The van der Waals surface area contributed by atoms with Gasteiger partial charge in [-0.3, -0.25) is 0 Å². The smallest absolute Gasteiger partial charge is 0.339 e. The average molecular weight is 286 g/mol. The fourth-order valence-corrected chi connectivity index (χ4v) is 2.52. The topological polar surface area (TPSA) is 62.7 Å². The molecule has 1 aliphatic carbocycles. The van der Waals surface area contributed by atoms with E-state index in [1.807, 2.05) is 24.3 Å². The third-order valence-corrected chi connectivity index (χ3v) is 3.73. The molecule has 1 aromatic carbocycles. The molecule has 1 aromatic heterocycles. The highest BCUT2D eigenvalue weighted by atomic mass is 16.5. The van der Waals surface area contributed by atoms with E-state index in [9.17, 15) is 9.90 Å². The first-order valence-electron chi connectivity index (χ1n) is 7.09. The monoisotopic (exact) mass is 286 g/mol. The third-order valence-electron chi connectivity index (χ3n) is 3.73. The molecule has 3 rings (SSSR count). The van der Waals surface area contributed by atoms with Gasteiger partial charge in [0, 0.05) is 25.1 Å². The molecule has 21 heavy (non-hydrogen) atoms. The van der Waals surface area contributed by atoms with Crippen molar-refractivity contribution >= 4 is 22.7 Å². The van der Waals surface area contributed by atoms with Crippen LogP contribution in [0.4, 0.5) is 5.82 Å². The van der Waals surface area contributed by atoms with E-state index < -0.39 is 5.97 Å². The Morgan fingerprint density at radius 1 is 1.43 bits per heavy atom. The average Bonchev–Trinajstić information content (AvgIpc) is 3.31. The minimum Gasteiger partial charge on any atom is -0.478 e. The predicted molar refractivity (Wildman–Crippen MR) is 80.9 cm³/mol. The number of hydrogen-bond donors (Lipinski definition) is 1. The number of para-hydroxylation sites is 1. The number of nitrogens with zero attached hydrogens (tertiary/aromatic N) is 2. The lowest BCUT2D eigenvalue weighted by Gasteiger charge is -2.25. The maximum absolute atomic E-state index is 11.6. The van der Waals surface area contributed by atoms with E-state index in [2.05, 4.69) is 9.88 Å². The van der Waals surface area contributed by atoms with Gasteiger partial charge in [0.2, 0.25) is 0 Å². The summed E-state index contributed by atoms with van der Waals surface area (Å²) < 4.78 is 5.14. The van der Waals surface area contributed by atoms with Crippen molar-refractivity contribution in [2.75, 3.05) is 25.2 Å². The number of ether oxygens (including phenoxy) is 1. The Kier molecular flexibility index (Phi) is 3.75. The lowest BCUT2D eigenvalue weighted by Crippen LogP contribution is -2.31. The molecule has 0 aliphatic heterocycles. The van der Waals surface area contributed by atoms with E-state index in [0.29, 0.717) is 25.0 Å². The van der Waals surface area contributed by atoms with Crippen LogP contribution >= 0.6 is 0 Å². The second kappa shape index (κ2) is 5.69. The second-order valence-corrected chi connectivity index (χ2v) is 5.27. The standard InChI is InChI=1S/C16H18N2O3/c1-21-9-8-18(12-6-7-12)15-13(16(19)20)10-11-4-2-3-5-14(11)17-15/h2-5,10,12H,6-9H2,1H3,(H,19,20). The molecular weight excluding hydrogens is 268 g/mol. The molecule has 0 atom stereocenters. The number of aromatic carboxylic acids is 1. The molecule has 1 heterocycles. The van der Waals surface area contributed by atoms with Gasteiger partial charge in [0.1, 0.15) is 11.4 Å². The molecular formula is C16H18N2O3. The molecule has 1 aliphatic rings. The molecule has 0 amide bonds. The van der Waals surface area contributed by atoms with Crippen molar-refractivity contribution in [3.05, 3.63) is 35.9 Å². The number of aromatic nitrogens is 1. The van der Waals surface area contributed by atoms with Gasteiger partial charge in [-0.25, -0.2) is 9.78 Å². The summed E-state index contributed by atoms with van der Waals surface area (Å²) in [7, 11) is 1.65. The van der Waals surface area contributed by atoms with Crippen molar-refractivity contribution in [2.45, 2.75) is 18.9 Å². The molecule has 2 aromatic rings. The summed E-state index contributed by atoms with van der Waals surface area (Å²) in [5, 5.41) is 10.4. The summed E-state index contributed by atoms with van der Waals surface area (Å²) in [6, 6.07) is 9.69. The van der Waals surface area contributed by atoms with Gasteiger partial charge in [-0.05, 0) is 25.0 Å². The Balaban J connectivity index is 2.09. The Bertz CT molecular complexity index is 668. The molecule has 0 unspecified atom stereocenters. The molecule has 1 N–H and O–H groups in total. The van der Waals surface area contributed by atoms with Crippen LogP contribution in [0.3, 0.4) is 0 Å². The molecule has 1 saturated carbocycles. The molecule has 0 bridgehead atoms. The Morgan fingerprint density at radius 2 is 2.19 bits per heavy atom. The number of hydrogen-bond acceptors (Lipinski definition) is 4. The predicted octanol–water partition coefficient (Wildman–Crippen LogP) is 2.55. The van der Waals surface area contributed by atoms with Crippen LogP contribution in [-0.2, 0) is 4.74 Å². The van der Waals surface area contributed by atoms with Gasteiger partial charge in [-0.15, -0.1) is 0 Å². The molecule has 5 nitrogen and oxygen atoms in total. The molecule has 0 radical (unpaired) electrons. The van der Waals surface area contributed by atoms with Gasteiger partial charge >= 0.3 is 5.97 Å². The van der Waals surface area contributed by atoms with E-state index in [-0.39, 0.29) is 5.56 Å². The number of fused-ring (bicyclic) bond motifs is 1. The van der Waals surface area contributed by atoms with Crippen LogP contribution < -0.4 is 4.90 Å². The number of benzene rings is 1. The second-order valence-electron chi connectivity index (χ2n) is 5.27. The lowest BCUT2D eigenvalue weighted by atomic mass is 10.1. The number of rotatable bonds is 6. The maximum Gasteiger partial charge on any atom is 0.339 e. The highest BCUT2D eigenvalue weighted by Gasteiger charge is 2.32. The molecule has 1 fully saturated rings. The van der Waals surface area contributed by atoms with E-state index in [1.165, 1.54) is 0 Å². The van der Waals surface area contributed by atoms with Gasteiger partial charge < -0.3 is 14.7 Å². The number of carboxylic acid groups (broad SMARTS) is 1. The van der Waals surface area contributed by atoms with Crippen molar-refractivity contribution in [1.29, 1.82) is 0 Å². The van der Waals surface area contributed by atoms with Gasteiger partial charge in [0.05, 0.1) is 12.1 Å². The van der Waals surface area contributed by atoms with E-state index in [1.54, 1.807) is 13.2 Å². The highest BCUT2D eigenvalue weighted by Crippen LogP contribution is 2.33. The van der Waals surface area contributed by atoms with Crippen LogP contribution in [0.15, 0.2) is 30.3 Å². The minimum atomic E-state index is -0.939. The van der Waals surface area contributed by atoms with Crippen LogP contribution in [0, 0.1) is 0 Å². The van der Waals surface area contributed by atoms with Gasteiger partial charge in [-0.2, -0.15) is 0 Å². The SMILES string of the molecule is COCCN(c1nc2ccccc2cc1C(=O)O)C1CC1. The van der Waals surface area contributed by atoms with Crippen molar-refractivity contribution in [3.8, 4) is 0 Å². The van der Waals surface area contributed by atoms with E-state index in [4.69, 9.17) is 4.74 Å². The highest BCUT2D eigenvalue weighted by molar-refractivity contribution is 5.98. The van der Waals surface area contributed by atoms with Crippen molar-refractivity contribution in [1.82, 2.24) is 4.98 Å². The summed E-state index contributed by atoms with van der Waals surface area (Å²) in [4.78, 5) is 18.3. The van der Waals surface area contributed by atoms with Gasteiger partial charge in [0.15, 0.2) is 0 Å². The number of pyridine rings is 1. The zero-order valence-corrected chi connectivity index (χ0v) is 12.0. The largest absolute Gasteiger partial charge is 0.478 e. The van der Waals surface area contributed by atoms with Crippen molar-refractivity contribution < 1.29 is 14.6 Å². The number of methoxy groups -OCH3 is 1. The summed E-state index contributed by atoms with van der Waals surface area (Å²) in [6.07, 6.45) is 2.16. The van der Waals surface area contributed by atoms with Gasteiger partial charge in [-0.1, -0.05) is 18.2 Å². The Labute approximate surface area is 123 Å². The van der Waals surface area contributed by atoms with Crippen LogP contribution in [0.25, 0.3) is 10.9 Å². The third kappa shape index (κ3) is 2.83. The van der Waals surface area contributed by atoms with Gasteiger partial charge in [0.25, 0.3) is 0 Å². The normalized spacial score (nSPS) is 14.3. The van der Waals surface area contributed by atoms with E-state index >= 15 is 0 Å².